The maximum Gasteiger partial charge on any atom is 0.234 e. The highest BCUT2D eigenvalue weighted by atomic mass is 35.5. The van der Waals surface area contributed by atoms with Crippen LogP contribution in [0.1, 0.15) is 6.92 Å². The van der Waals surface area contributed by atoms with Crippen LogP contribution < -0.4 is 5.32 Å². The Balaban J connectivity index is 1.67. The van der Waals surface area contributed by atoms with E-state index in [-0.39, 0.29) is 11.7 Å². The van der Waals surface area contributed by atoms with Crippen molar-refractivity contribution in [3.8, 4) is 11.4 Å². The van der Waals surface area contributed by atoms with Crippen LogP contribution in [0.5, 0.6) is 0 Å². The number of carbonyl (C=O) groups is 1. The number of aromatic nitrogens is 3. The topological polar surface area (TPSA) is 59.8 Å². The molecule has 0 aliphatic carbocycles. The monoisotopic (exact) mass is 372 g/mol. The van der Waals surface area contributed by atoms with Gasteiger partial charge in [-0.05, 0) is 25.1 Å². The highest BCUT2D eigenvalue weighted by Gasteiger charge is 2.14. The number of hydrogen-bond acceptors (Lipinski definition) is 4. The van der Waals surface area contributed by atoms with Crippen molar-refractivity contribution in [3.63, 3.8) is 0 Å². The number of benzene rings is 2. The molecule has 3 rings (SSSR count). The van der Waals surface area contributed by atoms with E-state index in [0.717, 1.165) is 23.1 Å². The summed E-state index contributed by atoms with van der Waals surface area (Å²) in [6.07, 6.45) is 0. The molecule has 0 bridgehead atoms. The van der Waals surface area contributed by atoms with E-state index in [2.05, 4.69) is 15.5 Å². The van der Waals surface area contributed by atoms with E-state index in [4.69, 9.17) is 11.6 Å². The highest BCUT2D eigenvalue weighted by molar-refractivity contribution is 7.99. The lowest BCUT2D eigenvalue weighted by Gasteiger charge is -2.08. The Morgan fingerprint density at radius 2 is 1.96 bits per heavy atom. The lowest BCUT2D eigenvalue weighted by Crippen LogP contribution is -2.14. The van der Waals surface area contributed by atoms with Crippen LogP contribution in [0.15, 0.2) is 59.8 Å². The van der Waals surface area contributed by atoms with Gasteiger partial charge in [0.2, 0.25) is 5.91 Å². The van der Waals surface area contributed by atoms with Crippen LogP contribution in [-0.4, -0.2) is 26.4 Å². The number of thioether (sulfide) groups is 1. The van der Waals surface area contributed by atoms with Crippen LogP contribution in [0.3, 0.4) is 0 Å². The normalized spacial score (nSPS) is 10.6. The standard InChI is InChI=1S/C18H17ClN4OS/c1-2-23-17(13-7-4-3-5-8-13)21-22-18(23)25-12-16(24)20-15-10-6-9-14(19)11-15/h3-11H,2,12H2,1H3,(H,20,24). The molecule has 3 aromatic rings. The molecule has 0 saturated heterocycles. The Morgan fingerprint density at radius 3 is 2.68 bits per heavy atom. The highest BCUT2D eigenvalue weighted by Crippen LogP contribution is 2.24. The van der Waals surface area contributed by atoms with Gasteiger partial charge >= 0.3 is 0 Å². The number of nitrogens with one attached hydrogen (secondary N) is 1. The van der Waals surface area contributed by atoms with Crippen LogP contribution >= 0.6 is 23.4 Å². The Morgan fingerprint density at radius 1 is 1.16 bits per heavy atom. The number of anilines is 1. The van der Waals surface area contributed by atoms with Gasteiger partial charge in [-0.3, -0.25) is 4.79 Å². The number of halogens is 1. The zero-order chi connectivity index (χ0) is 17.6. The minimum absolute atomic E-state index is 0.112. The Hall–Kier alpha value is -2.31. The zero-order valence-electron chi connectivity index (χ0n) is 13.6. The molecule has 2 aromatic carbocycles. The first-order valence-electron chi connectivity index (χ1n) is 7.84. The average molecular weight is 373 g/mol. The number of carbonyl (C=O) groups excluding carboxylic acids is 1. The van der Waals surface area contributed by atoms with Crippen molar-refractivity contribution in [1.29, 1.82) is 0 Å². The fraction of sp³-hybridized carbons (Fsp3) is 0.167. The van der Waals surface area contributed by atoms with Crippen molar-refractivity contribution in [2.24, 2.45) is 0 Å². The molecule has 0 aliphatic heterocycles. The summed E-state index contributed by atoms with van der Waals surface area (Å²) >= 11 is 7.29. The Bertz CT molecular complexity index is 867. The van der Waals surface area contributed by atoms with E-state index in [1.165, 1.54) is 11.8 Å². The van der Waals surface area contributed by atoms with Crippen molar-refractivity contribution in [2.75, 3.05) is 11.1 Å². The van der Waals surface area contributed by atoms with Crippen molar-refractivity contribution >= 4 is 35.0 Å². The first-order valence-corrected chi connectivity index (χ1v) is 9.20. The molecule has 0 radical (unpaired) electrons. The summed E-state index contributed by atoms with van der Waals surface area (Å²) in [5.74, 6) is 0.944. The first kappa shape index (κ1) is 17.5. The summed E-state index contributed by atoms with van der Waals surface area (Å²) in [6, 6.07) is 17.0. The van der Waals surface area contributed by atoms with E-state index in [1.807, 2.05) is 41.8 Å². The van der Waals surface area contributed by atoms with Crippen LogP contribution in [0.4, 0.5) is 5.69 Å². The molecule has 7 heteroatoms. The Kier molecular flexibility index (Phi) is 5.73. The summed E-state index contributed by atoms with van der Waals surface area (Å²) in [6.45, 7) is 2.77. The summed E-state index contributed by atoms with van der Waals surface area (Å²) in [4.78, 5) is 12.1. The largest absolute Gasteiger partial charge is 0.325 e. The summed E-state index contributed by atoms with van der Waals surface area (Å²) in [5.41, 5.74) is 1.69. The molecule has 128 valence electrons. The minimum atomic E-state index is -0.112. The maximum atomic E-state index is 12.1. The van der Waals surface area contributed by atoms with Crippen molar-refractivity contribution in [3.05, 3.63) is 59.6 Å². The second-order valence-corrected chi connectivity index (χ2v) is 6.64. The van der Waals surface area contributed by atoms with Gasteiger partial charge in [-0.2, -0.15) is 0 Å². The molecule has 0 atom stereocenters. The molecule has 0 aliphatic rings. The van der Waals surface area contributed by atoms with Gasteiger partial charge in [0.05, 0.1) is 5.75 Å². The smallest absolute Gasteiger partial charge is 0.234 e. The van der Waals surface area contributed by atoms with Gasteiger partial charge in [0.25, 0.3) is 0 Å². The van der Waals surface area contributed by atoms with E-state index in [1.54, 1.807) is 24.3 Å². The van der Waals surface area contributed by atoms with Crippen LogP contribution in [0.25, 0.3) is 11.4 Å². The number of rotatable bonds is 6. The van der Waals surface area contributed by atoms with Crippen molar-refractivity contribution < 1.29 is 4.79 Å². The second kappa shape index (κ2) is 8.18. The molecule has 5 nitrogen and oxygen atoms in total. The lowest BCUT2D eigenvalue weighted by atomic mass is 10.2. The molecule has 25 heavy (non-hydrogen) atoms. The fourth-order valence-electron chi connectivity index (χ4n) is 2.37. The van der Waals surface area contributed by atoms with E-state index in [9.17, 15) is 4.79 Å². The van der Waals surface area contributed by atoms with Crippen LogP contribution in [0.2, 0.25) is 5.02 Å². The molecule has 0 saturated carbocycles. The summed E-state index contributed by atoms with van der Waals surface area (Å²) in [5, 5.41) is 12.6. The van der Waals surface area contributed by atoms with Crippen LogP contribution in [-0.2, 0) is 11.3 Å². The third kappa shape index (κ3) is 4.41. The van der Waals surface area contributed by atoms with Crippen molar-refractivity contribution in [2.45, 2.75) is 18.6 Å². The van der Waals surface area contributed by atoms with E-state index in [0.29, 0.717) is 10.7 Å². The van der Waals surface area contributed by atoms with Gasteiger partial charge in [-0.25, -0.2) is 0 Å². The molecule has 0 unspecified atom stereocenters. The number of hydrogen-bond donors (Lipinski definition) is 1. The third-order valence-electron chi connectivity index (χ3n) is 3.51. The second-order valence-electron chi connectivity index (χ2n) is 5.26. The quantitative estimate of drug-likeness (QED) is 0.653. The third-order valence-corrected chi connectivity index (χ3v) is 4.71. The fourth-order valence-corrected chi connectivity index (χ4v) is 3.37. The first-order chi connectivity index (χ1) is 12.2. The molecule has 1 aromatic heterocycles. The van der Waals surface area contributed by atoms with Gasteiger partial charge in [-0.1, -0.05) is 59.8 Å². The minimum Gasteiger partial charge on any atom is -0.325 e. The van der Waals surface area contributed by atoms with E-state index >= 15 is 0 Å². The molecular formula is C18H17ClN4OS. The lowest BCUT2D eigenvalue weighted by molar-refractivity contribution is -0.113. The number of amides is 1. The van der Waals surface area contributed by atoms with E-state index < -0.39 is 0 Å². The molecular weight excluding hydrogens is 356 g/mol. The summed E-state index contributed by atoms with van der Waals surface area (Å²) < 4.78 is 2.01. The average Bonchev–Trinajstić information content (AvgIpc) is 3.03. The molecule has 0 spiro atoms. The SMILES string of the molecule is CCn1c(SCC(=O)Nc2cccc(Cl)c2)nnc1-c1ccccc1. The molecule has 1 N–H and O–H groups in total. The predicted molar refractivity (Wildman–Crippen MR) is 102 cm³/mol. The van der Waals surface area contributed by atoms with Crippen molar-refractivity contribution in [1.82, 2.24) is 14.8 Å². The maximum absolute atomic E-state index is 12.1. The number of nitrogens with zero attached hydrogens (tertiary/aromatic N) is 3. The molecule has 1 amide bonds. The van der Waals surface area contributed by atoms with Gasteiger partial charge in [-0.15, -0.1) is 10.2 Å². The van der Waals surface area contributed by atoms with Gasteiger partial charge in [0, 0.05) is 22.8 Å². The zero-order valence-corrected chi connectivity index (χ0v) is 15.2. The van der Waals surface area contributed by atoms with Crippen LogP contribution in [0, 0.1) is 0 Å². The molecule has 1 heterocycles. The summed E-state index contributed by atoms with van der Waals surface area (Å²) in [7, 11) is 0. The van der Waals surface area contributed by atoms with Gasteiger partial charge < -0.3 is 9.88 Å². The van der Waals surface area contributed by atoms with Gasteiger partial charge in [0.15, 0.2) is 11.0 Å². The molecule has 0 fully saturated rings. The predicted octanol–water partition coefficient (Wildman–Crippen LogP) is 4.35. The van der Waals surface area contributed by atoms with Gasteiger partial charge in [0.1, 0.15) is 0 Å². The Labute approximate surface area is 155 Å².